The number of pyridine rings is 1. The summed E-state index contributed by atoms with van der Waals surface area (Å²) in [5.74, 6) is -3.66. The molecular weight excluding hydrogens is 316 g/mol. The molecule has 0 amide bonds. The number of hydrogen-bond donors (Lipinski definition) is 5. The van der Waals surface area contributed by atoms with Crippen LogP contribution >= 0.6 is 0 Å². The van der Waals surface area contributed by atoms with E-state index in [0.717, 1.165) is 12.8 Å². The molecule has 1 aromatic carbocycles. The molecule has 1 fully saturated rings. The topological polar surface area (TPSA) is 154 Å². The number of phenols is 1. The van der Waals surface area contributed by atoms with E-state index in [0.29, 0.717) is 5.56 Å². The van der Waals surface area contributed by atoms with Crippen LogP contribution in [0.25, 0.3) is 11.1 Å². The van der Waals surface area contributed by atoms with Gasteiger partial charge in [0.15, 0.2) is 0 Å². The number of nitrogen functional groups attached to an aromatic ring is 1. The fraction of sp³-hybridized carbons (Fsp3) is 0.188. The zero-order chi connectivity index (χ0) is 17.6. The molecule has 0 saturated heterocycles. The van der Waals surface area contributed by atoms with Gasteiger partial charge in [-0.1, -0.05) is 18.2 Å². The molecule has 24 heavy (non-hydrogen) atoms. The number of H-pyrrole nitrogens is 1. The van der Waals surface area contributed by atoms with Crippen molar-refractivity contribution in [2.75, 3.05) is 5.73 Å². The number of phenolic OH excluding ortho intramolecular Hbond substituents is 1. The van der Waals surface area contributed by atoms with Gasteiger partial charge in [0.05, 0.1) is 0 Å². The van der Waals surface area contributed by atoms with Gasteiger partial charge in [0.25, 0.3) is 5.56 Å². The quantitative estimate of drug-likeness (QED) is 0.570. The number of nitrogens with one attached hydrogen (secondary N) is 1. The van der Waals surface area contributed by atoms with Crippen LogP contribution in [0, 0.1) is 0 Å². The predicted octanol–water partition coefficient (Wildman–Crippen LogP) is 1.60. The summed E-state index contributed by atoms with van der Waals surface area (Å²) in [5, 5.41) is 29.3. The molecule has 124 valence electrons. The van der Waals surface area contributed by atoms with Gasteiger partial charge >= 0.3 is 11.9 Å². The van der Waals surface area contributed by atoms with Gasteiger partial charge in [-0.2, -0.15) is 0 Å². The number of aromatic carboxylic acids is 2. The number of para-hydroxylation sites is 1. The van der Waals surface area contributed by atoms with E-state index < -0.39 is 40.0 Å². The second kappa shape index (κ2) is 5.41. The largest absolute Gasteiger partial charge is 0.507 e. The number of hydrogen-bond acceptors (Lipinski definition) is 5. The van der Waals surface area contributed by atoms with Gasteiger partial charge in [-0.3, -0.25) is 4.79 Å². The Kier molecular flexibility index (Phi) is 3.52. The maximum absolute atomic E-state index is 12.0. The minimum absolute atomic E-state index is 0.0352. The third kappa shape index (κ3) is 2.37. The Balaban J connectivity index is 2.43. The molecule has 0 radical (unpaired) electrons. The summed E-state index contributed by atoms with van der Waals surface area (Å²) in [7, 11) is 0. The average molecular weight is 330 g/mol. The van der Waals surface area contributed by atoms with Crippen molar-refractivity contribution in [3.8, 4) is 16.9 Å². The first-order valence-electron chi connectivity index (χ1n) is 7.17. The number of anilines is 1. The number of nitrogens with two attached hydrogens (primary N) is 1. The summed E-state index contributed by atoms with van der Waals surface area (Å²) < 4.78 is 0. The van der Waals surface area contributed by atoms with E-state index in [9.17, 15) is 29.7 Å². The maximum atomic E-state index is 12.0. The lowest BCUT2D eigenvalue weighted by Crippen LogP contribution is -2.24. The standard InChI is InChI=1S/C16H14N2O6/c17-13-10(15(21)22)9(11(16(23)24)14(20)18-13)8-3-1-2-7(12(8)19)6-4-5-6/h1-3,6,19H,4-5H2,(H,21,22)(H,23,24)(H3,17,18,20). The number of rotatable bonds is 4. The van der Waals surface area contributed by atoms with Gasteiger partial charge in [-0.25, -0.2) is 9.59 Å². The van der Waals surface area contributed by atoms with Gasteiger partial charge < -0.3 is 26.0 Å². The van der Waals surface area contributed by atoms with Crippen LogP contribution in [0.5, 0.6) is 5.75 Å². The molecule has 8 heteroatoms. The summed E-state index contributed by atoms with van der Waals surface area (Å²) in [6.07, 6.45) is 1.76. The van der Waals surface area contributed by atoms with E-state index in [4.69, 9.17) is 5.73 Å². The van der Waals surface area contributed by atoms with E-state index in [-0.39, 0.29) is 17.2 Å². The van der Waals surface area contributed by atoms with E-state index in [2.05, 4.69) is 0 Å². The molecule has 2 aromatic rings. The van der Waals surface area contributed by atoms with Crippen LogP contribution in [0.4, 0.5) is 5.82 Å². The van der Waals surface area contributed by atoms with Crippen LogP contribution in [-0.4, -0.2) is 32.2 Å². The van der Waals surface area contributed by atoms with Crippen LogP contribution in [0.1, 0.15) is 45.0 Å². The van der Waals surface area contributed by atoms with Gasteiger partial charge in [0.1, 0.15) is 22.7 Å². The molecule has 0 atom stereocenters. The smallest absolute Gasteiger partial charge is 0.342 e. The SMILES string of the molecule is Nc1[nH]c(=O)c(C(=O)O)c(-c2cccc(C3CC3)c2O)c1C(=O)O. The van der Waals surface area contributed by atoms with Crippen LogP contribution in [0.3, 0.4) is 0 Å². The lowest BCUT2D eigenvalue weighted by atomic mass is 9.92. The minimum Gasteiger partial charge on any atom is -0.507 e. The summed E-state index contributed by atoms with van der Waals surface area (Å²) in [6.45, 7) is 0. The molecule has 0 bridgehead atoms. The zero-order valence-electron chi connectivity index (χ0n) is 12.4. The van der Waals surface area contributed by atoms with Crippen LogP contribution in [-0.2, 0) is 0 Å². The van der Waals surface area contributed by atoms with Gasteiger partial charge in [-0.05, 0) is 24.3 Å². The monoisotopic (exact) mass is 330 g/mol. The summed E-state index contributed by atoms with van der Waals surface area (Å²) >= 11 is 0. The number of carbonyl (C=O) groups is 2. The van der Waals surface area contributed by atoms with Crippen molar-refractivity contribution in [1.29, 1.82) is 0 Å². The molecule has 3 rings (SSSR count). The van der Waals surface area contributed by atoms with Gasteiger partial charge in [0.2, 0.25) is 0 Å². The van der Waals surface area contributed by atoms with Crippen LogP contribution < -0.4 is 11.3 Å². The number of aromatic nitrogens is 1. The van der Waals surface area contributed by atoms with E-state index in [1.807, 2.05) is 4.98 Å². The third-order valence-corrected chi connectivity index (χ3v) is 4.03. The van der Waals surface area contributed by atoms with Crippen molar-refractivity contribution in [1.82, 2.24) is 4.98 Å². The highest BCUT2D eigenvalue weighted by Gasteiger charge is 2.31. The molecule has 6 N–H and O–H groups in total. The Labute approximate surface area is 135 Å². The minimum atomic E-state index is -1.61. The normalized spacial score (nSPS) is 13.7. The van der Waals surface area contributed by atoms with E-state index in [1.165, 1.54) is 6.07 Å². The number of aromatic hydroxyl groups is 1. The summed E-state index contributed by atoms with van der Waals surface area (Å²) in [6, 6.07) is 4.64. The molecule has 0 spiro atoms. The van der Waals surface area contributed by atoms with Crippen molar-refractivity contribution in [3.05, 3.63) is 45.2 Å². The van der Waals surface area contributed by atoms with E-state index in [1.54, 1.807) is 12.1 Å². The summed E-state index contributed by atoms with van der Waals surface area (Å²) in [4.78, 5) is 37.1. The Morgan fingerprint density at radius 1 is 1.12 bits per heavy atom. The van der Waals surface area contributed by atoms with Crippen molar-refractivity contribution < 1.29 is 24.9 Å². The second-order valence-corrected chi connectivity index (χ2v) is 5.62. The third-order valence-electron chi connectivity index (χ3n) is 4.03. The first kappa shape index (κ1) is 15.6. The molecule has 1 aromatic heterocycles. The molecule has 1 aliphatic carbocycles. The predicted molar refractivity (Wildman–Crippen MR) is 84.5 cm³/mol. The lowest BCUT2D eigenvalue weighted by Gasteiger charge is -2.15. The van der Waals surface area contributed by atoms with Crippen molar-refractivity contribution in [2.45, 2.75) is 18.8 Å². The molecule has 0 unspecified atom stereocenters. The first-order chi connectivity index (χ1) is 11.3. The second-order valence-electron chi connectivity index (χ2n) is 5.62. The first-order valence-corrected chi connectivity index (χ1v) is 7.17. The highest BCUT2D eigenvalue weighted by atomic mass is 16.4. The zero-order valence-corrected chi connectivity index (χ0v) is 12.4. The number of carboxylic acid groups (broad SMARTS) is 2. The Morgan fingerprint density at radius 3 is 2.29 bits per heavy atom. The molecule has 8 nitrogen and oxygen atoms in total. The Hall–Kier alpha value is -3.29. The van der Waals surface area contributed by atoms with Crippen LogP contribution in [0.15, 0.2) is 23.0 Å². The van der Waals surface area contributed by atoms with E-state index >= 15 is 0 Å². The number of carboxylic acids is 2. The molecule has 1 saturated carbocycles. The van der Waals surface area contributed by atoms with Gasteiger partial charge in [0, 0.05) is 11.1 Å². The maximum Gasteiger partial charge on any atom is 0.342 e. The molecular formula is C16H14N2O6. The van der Waals surface area contributed by atoms with Crippen molar-refractivity contribution in [3.63, 3.8) is 0 Å². The Bertz CT molecular complexity index is 927. The number of aromatic amines is 1. The molecule has 1 aliphatic rings. The molecule has 0 aliphatic heterocycles. The highest BCUT2D eigenvalue weighted by molar-refractivity contribution is 6.08. The van der Waals surface area contributed by atoms with Gasteiger partial charge in [-0.15, -0.1) is 0 Å². The number of benzene rings is 1. The average Bonchev–Trinajstić information content (AvgIpc) is 3.30. The molecule has 1 heterocycles. The van der Waals surface area contributed by atoms with Crippen LogP contribution in [0.2, 0.25) is 0 Å². The fourth-order valence-corrected chi connectivity index (χ4v) is 2.80. The fourth-order valence-electron chi connectivity index (χ4n) is 2.80. The van der Waals surface area contributed by atoms with Crippen molar-refractivity contribution in [2.24, 2.45) is 0 Å². The highest BCUT2D eigenvalue weighted by Crippen LogP contribution is 2.47. The lowest BCUT2D eigenvalue weighted by molar-refractivity contribution is 0.0695. The summed E-state index contributed by atoms with van der Waals surface area (Å²) in [5.41, 5.74) is 3.38. The Morgan fingerprint density at radius 2 is 1.75 bits per heavy atom. The van der Waals surface area contributed by atoms with Crippen molar-refractivity contribution >= 4 is 17.8 Å².